The lowest BCUT2D eigenvalue weighted by atomic mass is 10.4. The van der Waals surface area contributed by atoms with Gasteiger partial charge in [0.2, 0.25) is 0 Å². The number of rotatable bonds is 1. The lowest BCUT2D eigenvalue weighted by Gasteiger charge is -1.99. The van der Waals surface area contributed by atoms with E-state index in [0.29, 0.717) is 0 Å². The van der Waals surface area contributed by atoms with Crippen LogP contribution in [-0.4, -0.2) is 26.0 Å². The summed E-state index contributed by atoms with van der Waals surface area (Å²) in [5.74, 6) is 0.792. The fraction of sp³-hybridized carbons (Fsp3) is 0.375. The van der Waals surface area contributed by atoms with Crippen LogP contribution in [0.1, 0.15) is 5.82 Å². The molecular weight excluding hydrogens is 184 g/mol. The van der Waals surface area contributed by atoms with Gasteiger partial charge in [0, 0.05) is 7.05 Å². The van der Waals surface area contributed by atoms with Crippen molar-refractivity contribution in [2.75, 3.05) is 6.26 Å². The predicted molar refractivity (Wildman–Crippen MR) is 52.8 cm³/mol. The van der Waals surface area contributed by atoms with Crippen molar-refractivity contribution in [3.8, 4) is 0 Å². The first-order chi connectivity index (χ1) is 6.22. The molecular formula is C8H10N4S. The average molecular weight is 194 g/mol. The second-order valence-electron chi connectivity index (χ2n) is 2.79. The molecule has 0 aromatic carbocycles. The predicted octanol–water partition coefficient (Wildman–Crippen LogP) is 1.39. The standard InChI is InChI=1S/C8H10N4S/c1-5-10-7-6(4-9-12(7)2)8(11-5)13-3/h4H,1-3H3. The summed E-state index contributed by atoms with van der Waals surface area (Å²) in [4.78, 5) is 8.65. The Labute approximate surface area is 80.4 Å². The van der Waals surface area contributed by atoms with E-state index < -0.39 is 0 Å². The first kappa shape index (κ1) is 8.50. The van der Waals surface area contributed by atoms with Gasteiger partial charge in [-0.3, -0.25) is 4.68 Å². The van der Waals surface area contributed by atoms with E-state index in [1.54, 1.807) is 22.6 Å². The van der Waals surface area contributed by atoms with Crippen molar-refractivity contribution in [2.45, 2.75) is 11.9 Å². The molecule has 0 aliphatic heterocycles. The molecule has 0 amide bonds. The monoisotopic (exact) mass is 194 g/mol. The summed E-state index contributed by atoms with van der Waals surface area (Å²) in [6.07, 6.45) is 3.81. The van der Waals surface area contributed by atoms with Crippen LogP contribution in [0.2, 0.25) is 0 Å². The van der Waals surface area contributed by atoms with Gasteiger partial charge in [-0.15, -0.1) is 11.8 Å². The molecule has 4 nitrogen and oxygen atoms in total. The third-order valence-electron chi connectivity index (χ3n) is 1.86. The van der Waals surface area contributed by atoms with Gasteiger partial charge in [-0.25, -0.2) is 9.97 Å². The van der Waals surface area contributed by atoms with E-state index in [1.807, 2.05) is 20.2 Å². The maximum atomic E-state index is 4.33. The Morgan fingerprint density at radius 3 is 2.85 bits per heavy atom. The summed E-state index contributed by atoms with van der Waals surface area (Å²) in [6, 6.07) is 0. The van der Waals surface area contributed by atoms with Crippen LogP contribution in [-0.2, 0) is 7.05 Å². The van der Waals surface area contributed by atoms with E-state index >= 15 is 0 Å². The largest absolute Gasteiger partial charge is 0.250 e. The lowest BCUT2D eigenvalue weighted by molar-refractivity contribution is 0.781. The van der Waals surface area contributed by atoms with Crippen LogP contribution >= 0.6 is 11.8 Å². The Hall–Kier alpha value is -1.10. The van der Waals surface area contributed by atoms with Gasteiger partial charge in [0.1, 0.15) is 10.9 Å². The van der Waals surface area contributed by atoms with E-state index in [2.05, 4.69) is 15.1 Å². The van der Waals surface area contributed by atoms with Gasteiger partial charge in [0.25, 0.3) is 0 Å². The maximum Gasteiger partial charge on any atom is 0.162 e. The van der Waals surface area contributed by atoms with Gasteiger partial charge in [0.05, 0.1) is 11.6 Å². The second-order valence-corrected chi connectivity index (χ2v) is 3.58. The van der Waals surface area contributed by atoms with Crippen LogP contribution in [0.25, 0.3) is 11.0 Å². The van der Waals surface area contributed by atoms with Crippen LogP contribution in [0.3, 0.4) is 0 Å². The molecule has 2 heterocycles. The van der Waals surface area contributed by atoms with E-state index in [1.165, 1.54) is 0 Å². The van der Waals surface area contributed by atoms with Crippen LogP contribution in [0.15, 0.2) is 11.2 Å². The smallest absolute Gasteiger partial charge is 0.162 e. The topological polar surface area (TPSA) is 43.6 Å². The quantitative estimate of drug-likeness (QED) is 0.508. The first-order valence-electron chi connectivity index (χ1n) is 3.92. The minimum absolute atomic E-state index is 0.792. The molecule has 2 rings (SSSR count). The fourth-order valence-electron chi connectivity index (χ4n) is 1.26. The van der Waals surface area contributed by atoms with Crippen LogP contribution < -0.4 is 0 Å². The van der Waals surface area contributed by atoms with Gasteiger partial charge >= 0.3 is 0 Å². The lowest BCUT2D eigenvalue weighted by Crippen LogP contribution is -1.96. The highest BCUT2D eigenvalue weighted by Gasteiger charge is 2.07. The summed E-state index contributed by atoms with van der Waals surface area (Å²) < 4.78 is 1.77. The van der Waals surface area contributed by atoms with Crippen molar-refractivity contribution < 1.29 is 0 Å². The molecule has 13 heavy (non-hydrogen) atoms. The molecule has 0 radical (unpaired) electrons. The van der Waals surface area contributed by atoms with Crippen molar-refractivity contribution in [3.63, 3.8) is 0 Å². The number of fused-ring (bicyclic) bond motifs is 1. The van der Waals surface area contributed by atoms with Gasteiger partial charge < -0.3 is 0 Å². The molecule has 0 spiro atoms. The van der Waals surface area contributed by atoms with E-state index in [-0.39, 0.29) is 0 Å². The van der Waals surface area contributed by atoms with Crippen molar-refractivity contribution in [2.24, 2.45) is 7.05 Å². The molecule has 0 aliphatic carbocycles. The molecule has 0 fully saturated rings. The minimum atomic E-state index is 0.792. The van der Waals surface area contributed by atoms with Gasteiger partial charge in [-0.1, -0.05) is 0 Å². The Morgan fingerprint density at radius 2 is 2.15 bits per heavy atom. The zero-order chi connectivity index (χ0) is 9.42. The molecule has 5 heteroatoms. The molecule has 0 bridgehead atoms. The highest BCUT2D eigenvalue weighted by atomic mass is 32.2. The molecule has 2 aromatic heterocycles. The molecule has 0 unspecified atom stereocenters. The van der Waals surface area contributed by atoms with Crippen molar-refractivity contribution >= 4 is 22.8 Å². The third kappa shape index (κ3) is 1.29. The number of aromatic nitrogens is 4. The van der Waals surface area contributed by atoms with E-state index in [0.717, 1.165) is 21.9 Å². The summed E-state index contributed by atoms with van der Waals surface area (Å²) in [5, 5.41) is 6.17. The van der Waals surface area contributed by atoms with Gasteiger partial charge in [-0.2, -0.15) is 5.10 Å². The highest BCUT2D eigenvalue weighted by molar-refractivity contribution is 7.98. The summed E-state index contributed by atoms with van der Waals surface area (Å²) in [6.45, 7) is 1.90. The fourth-order valence-corrected chi connectivity index (χ4v) is 1.84. The average Bonchev–Trinajstić information content (AvgIpc) is 2.47. The number of hydrogen-bond acceptors (Lipinski definition) is 4. The van der Waals surface area contributed by atoms with Crippen LogP contribution in [0.4, 0.5) is 0 Å². The molecule has 2 aromatic rings. The number of thioether (sulfide) groups is 1. The Balaban J connectivity index is 2.84. The SMILES string of the molecule is CSc1nc(C)nc2c1cnn2C. The van der Waals surface area contributed by atoms with Crippen molar-refractivity contribution in [3.05, 3.63) is 12.0 Å². The van der Waals surface area contributed by atoms with Crippen molar-refractivity contribution in [1.82, 2.24) is 19.7 Å². The Bertz CT molecular complexity index is 449. The zero-order valence-corrected chi connectivity index (χ0v) is 8.59. The zero-order valence-electron chi connectivity index (χ0n) is 7.77. The van der Waals surface area contributed by atoms with E-state index in [9.17, 15) is 0 Å². The highest BCUT2D eigenvalue weighted by Crippen LogP contribution is 2.22. The number of nitrogens with zero attached hydrogens (tertiary/aromatic N) is 4. The second kappa shape index (κ2) is 2.99. The summed E-state index contributed by atoms with van der Waals surface area (Å²) in [5.41, 5.74) is 0.900. The maximum absolute atomic E-state index is 4.33. The Kier molecular flexibility index (Phi) is 1.95. The van der Waals surface area contributed by atoms with Crippen LogP contribution in [0.5, 0.6) is 0 Å². The van der Waals surface area contributed by atoms with E-state index in [4.69, 9.17) is 0 Å². The molecule has 0 atom stereocenters. The summed E-state index contributed by atoms with van der Waals surface area (Å²) in [7, 11) is 1.89. The number of aryl methyl sites for hydroxylation is 2. The normalized spacial score (nSPS) is 11.0. The van der Waals surface area contributed by atoms with Crippen molar-refractivity contribution in [1.29, 1.82) is 0 Å². The van der Waals surface area contributed by atoms with Crippen LogP contribution in [0, 0.1) is 6.92 Å². The molecule has 68 valence electrons. The van der Waals surface area contributed by atoms with Gasteiger partial charge in [0.15, 0.2) is 5.65 Å². The molecule has 0 saturated heterocycles. The molecule has 0 aliphatic rings. The Morgan fingerprint density at radius 1 is 1.38 bits per heavy atom. The molecule has 0 saturated carbocycles. The third-order valence-corrected chi connectivity index (χ3v) is 2.56. The van der Waals surface area contributed by atoms with Gasteiger partial charge in [-0.05, 0) is 13.2 Å². The first-order valence-corrected chi connectivity index (χ1v) is 5.15. The molecule has 0 N–H and O–H groups in total. The summed E-state index contributed by atoms with van der Waals surface area (Å²) >= 11 is 1.62. The minimum Gasteiger partial charge on any atom is -0.250 e. The number of hydrogen-bond donors (Lipinski definition) is 0.